The van der Waals surface area contributed by atoms with Gasteiger partial charge in [-0.2, -0.15) is 4.31 Å². The number of amides is 1. The van der Waals surface area contributed by atoms with Crippen molar-refractivity contribution < 1.29 is 13.2 Å². The molecule has 1 saturated heterocycles. The highest BCUT2D eigenvalue weighted by atomic mass is 35.5. The van der Waals surface area contributed by atoms with Crippen LogP contribution in [0.1, 0.15) is 10.4 Å². The summed E-state index contributed by atoms with van der Waals surface area (Å²) in [6.45, 7) is 0.917. The van der Waals surface area contributed by atoms with Crippen LogP contribution in [0.2, 0.25) is 15.1 Å². The first-order valence-corrected chi connectivity index (χ1v) is 10.4. The maximum absolute atomic E-state index is 12.8. The minimum Gasteiger partial charge on any atom is -0.336 e. The van der Waals surface area contributed by atoms with Gasteiger partial charge in [0.2, 0.25) is 10.0 Å². The molecule has 0 radical (unpaired) electrons. The van der Waals surface area contributed by atoms with Gasteiger partial charge in [-0.25, -0.2) is 8.42 Å². The minimum atomic E-state index is -3.78. The Labute approximate surface area is 167 Å². The summed E-state index contributed by atoms with van der Waals surface area (Å²) >= 11 is 17.9. The lowest BCUT2D eigenvalue weighted by Crippen LogP contribution is -2.50. The van der Waals surface area contributed by atoms with Crippen molar-refractivity contribution in [2.75, 3.05) is 26.2 Å². The second-order valence-electron chi connectivity index (χ2n) is 5.76. The van der Waals surface area contributed by atoms with E-state index in [0.717, 1.165) is 0 Å². The number of sulfonamides is 1. The van der Waals surface area contributed by atoms with Crippen molar-refractivity contribution >= 4 is 50.7 Å². The molecule has 2 aromatic rings. The second kappa shape index (κ2) is 7.74. The van der Waals surface area contributed by atoms with E-state index in [4.69, 9.17) is 34.8 Å². The first-order chi connectivity index (χ1) is 12.3. The average Bonchev–Trinajstić information content (AvgIpc) is 2.63. The third-order valence-corrected chi connectivity index (χ3v) is 7.24. The van der Waals surface area contributed by atoms with Gasteiger partial charge in [0, 0.05) is 36.8 Å². The Bertz CT molecular complexity index is 942. The van der Waals surface area contributed by atoms with Crippen LogP contribution in [0.5, 0.6) is 0 Å². The van der Waals surface area contributed by atoms with Crippen LogP contribution < -0.4 is 0 Å². The van der Waals surface area contributed by atoms with E-state index in [1.54, 1.807) is 35.2 Å². The third kappa shape index (κ3) is 3.85. The van der Waals surface area contributed by atoms with Gasteiger partial charge in [-0.05, 0) is 30.3 Å². The molecule has 3 rings (SSSR count). The number of nitrogens with zero attached hydrogens (tertiary/aromatic N) is 2. The number of benzene rings is 2. The van der Waals surface area contributed by atoms with E-state index in [2.05, 4.69) is 0 Å². The van der Waals surface area contributed by atoms with E-state index in [9.17, 15) is 13.2 Å². The van der Waals surface area contributed by atoms with Gasteiger partial charge in [0.1, 0.15) is 4.90 Å². The number of hydrogen-bond donors (Lipinski definition) is 0. The molecule has 1 amide bonds. The molecular formula is C17H15Cl3N2O3S. The Morgan fingerprint density at radius 1 is 0.923 bits per heavy atom. The molecule has 0 N–H and O–H groups in total. The highest BCUT2D eigenvalue weighted by Crippen LogP contribution is 2.31. The zero-order valence-corrected chi connectivity index (χ0v) is 16.6. The summed E-state index contributed by atoms with van der Waals surface area (Å²) in [7, 11) is -3.78. The van der Waals surface area contributed by atoms with Crippen LogP contribution in [0.25, 0.3) is 0 Å². The van der Waals surface area contributed by atoms with Crippen molar-refractivity contribution in [2.24, 2.45) is 0 Å². The smallest absolute Gasteiger partial charge is 0.253 e. The summed E-state index contributed by atoms with van der Waals surface area (Å²) in [6.07, 6.45) is 0. The topological polar surface area (TPSA) is 57.7 Å². The van der Waals surface area contributed by atoms with E-state index >= 15 is 0 Å². The highest BCUT2D eigenvalue weighted by molar-refractivity contribution is 7.89. The molecule has 0 saturated carbocycles. The molecule has 9 heteroatoms. The third-order valence-electron chi connectivity index (χ3n) is 4.13. The van der Waals surface area contributed by atoms with Gasteiger partial charge in [0.05, 0.1) is 10.0 Å². The molecule has 1 aliphatic rings. The quantitative estimate of drug-likeness (QED) is 0.740. The lowest BCUT2D eigenvalue weighted by Gasteiger charge is -2.34. The van der Waals surface area contributed by atoms with Crippen molar-refractivity contribution in [2.45, 2.75) is 4.90 Å². The molecule has 0 spiro atoms. The predicted molar refractivity (Wildman–Crippen MR) is 103 cm³/mol. The fraction of sp³-hybridized carbons (Fsp3) is 0.235. The van der Waals surface area contributed by atoms with Crippen LogP contribution in [0, 0.1) is 0 Å². The predicted octanol–water partition coefficient (Wildman–Crippen LogP) is 3.79. The van der Waals surface area contributed by atoms with E-state index in [0.29, 0.717) is 10.6 Å². The Balaban J connectivity index is 1.74. The van der Waals surface area contributed by atoms with E-state index < -0.39 is 10.0 Å². The van der Waals surface area contributed by atoms with Crippen LogP contribution in [0.3, 0.4) is 0 Å². The summed E-state index contributed by atoms with van der Waals surface area (Å²) in [4.78, 5) is 14.1. The normalized spacial score (nSPS) is 15.9. The summed E-state index contributed by atoms with van der Waals surface area (Å²) in [5.41, 5.74) is 0.478. The van der Waals surface area contributed by atoms with Gasteiger partial charge in [-0.1, -0.05) is 46.9 Å². The van der Waals surface area contributed by atoms with E-state index in [1.807, 2.05) is 0 Å². The molecule has 1 aliphatic heterocycles. The van der Waals surface area contributed by atoms with Crippen molar-refractivity contribution in [3.8, 4) is 0 Å². The summed E-state index contributed by atoms with van der Waals surface area (Å²) in [6, 6.07) is 11.2. The SMILES string of the molecule is O=C(c1cccc(Cl)c1)N1CCN(S(=O)(=O)c2cccc(Cl)c2Cl)CC1. The number of rotatable bonds is 3. The summed E-state index contributed by atoms with van der Waals surface area (Å²) in [5, 5.41) is 0.668. The Kier molecular flexibility index (Phi) is 5.79. The van der Waals surface area contributed by atoms with Crippen LogP contribution >= 0.6 is 34.8 Å². The van der Waals surface area contributed by atoms with Crippen LogP contribution in [0.15, 0.2) is 47.4 Å². The molecule has 0 aliphatic carbocycles. The monoisotopic (exact) mass is 432 g/mol. The van der Waals surface area contributed by atoms with Gasteiger partial charge in [0.25, 0.3) is 5.91 Å². The molecule has 0 aromatic heterocycles. The number of carbonyl (C=O) groups excluding carboxylic acids is 1. The van der Waals surface area contributed by atoms with Gasteiger partial charge in [-0.15, -0.1) is 0 Å². The zero-order valence-electron chi connectivity index (χ0n) is 13.5. The molecule has 0 bridgehead atoms. The van der Waals surface area contributed by atoms with Crippen LogP contribution in [-0.2, 0) is 10.0 Å². The highest BCUT2D eigenvalue weighted by Gasteiger charge is 2.32. The van der Waals surface area contributed by atoms with E-state index in [-0.39, 0.29) is 47.0 Å². The molecule has 5 nitrogen and oxygen atoms in total. The molecule has 2 aromatic carbocycles. The molecule has 0 unspecified atom stereocenters. The van der Waals surface area contributed by atoms with Crippen molar-refractivity contribution in [1.82, 2.24) is 9.21 Å². The minimum absolute atomic E-state index is 0.00611. The fourth-order valence-corrected chi connectivity index (χ4v) is 5.11. The molecule has 1 heterocycles. The van der Waals surface area contributed by atoms with E-state index in [1.165, 1.54) is 16.4 Å². The lowest BCUT2D eigenvalue weighted by atomic mass is 10.2. The first kappa shape index (κ1) is 19.5. The Morgan fingerprint density at radius 2 is 1.58 bits per heavy atom. The Morgan fingerprint density at radius 3 is 2.23 bits per heavy atom. The second-order valence-corrected chi connectivity index (χ2v) is 8.89. The first-order valence-electron chi connectivity index (χ1n) is 7.80. The van der Waals surface area contributed by atoms with Crippen molar-refractivity contribution in [3.05, 3.63) is 63.1 Å². The molecular weight excluding hydrogens is 419 g/mol. The molecule has 0 atom stereocenters. The largest absolute Gasteiger partial charge is 0.336 e. The summed E-state index contributed by atoms with van der Waals surface area (Å²) in [5.74, 6) is -0.176. The maximum atomic E-state index is 12.8. The lowest BCUT2D eigenvalue weighted by molar-refractivity contribution is 0.0698. The Hall–Kier alpha value is -1.31. The standard InChI is InChI=1S/C17H15Cl3N2O3S/c18-13-4-1-3-12(11-13)17(23)21-7-9-22(10-8-21)26(24,25)15-6-2-5-14(19)16(15)20/h1-6,11H,7-10H2. The van der Waals surface area contributed by atoms with Crippen molar-refractivity contribution in [1.29, 1.82) is 0 Å². The van der Waals surface area contributed by atoms with Crippen LogP contribution in [0.4, 0.5) is 0 Å². The van der Waals surface area contributed by atoms with Gasteiger partial charge in [0.15, 0.2) is 0 Å². The van der Waals surface area contributed by atoms with Crippen molar-refractivity contribution in [3.63, 3.8) is 0 Å². The summed E-state index contributed by atoms with van der Waals surface area (Å²) < 4.78 is 26.9. The number of halogens is 3. The maximum Gasteiger partial charge on any atom is 0.253 e. The number of hydrogen-bond acceptors (Lipinski definition) is 3. The van der Waals surface area contributed by atoms with Crippen LogP contribution in [-0.4, -0.2) is 49.7 Å². The van der Waals surface area contributed by atoms with Gasteiger partial charge in [-0.3, -0.25) is 4.79 Å². The van der Waals surface area contributed by atoms with Gasteiger partial charge >= 0.3 is 0 Å². The zero-order chi connectivity index (χ0) is 18.9. The number of carbonyl (C=O) groups is 1. The average molecular weight is 434 g/mol. The van der Waals surface area contributed by atoms with Gasteiger partial charge < -0.3 is 4.90 Å². The molecule has 1 fully saturated rings. The molecule has 26 heavy (non-hydrogen) atoms. The fourth-order valence-electron chi connectivity index (χ4n) is 2.76. The molecule has 138 valence electrons. The number of piperazine rings is 1.